The first-order valence-corrected chi connectivity index (χ1v) is 5.18. The molecule has 2 rings (SSSR count). The third-order valence-electron chi connectivity index (χ3n) is 2.24. The van der Waals surface area contributed by atoms with Gasteiger partial charge in [0, 0.05) is 9.86 Å². The maximum Gasteiger partial charge on any atom is 0.342 e. The molecule has 6 heteroatoms. The molecule has 0 saturated carbocycles. The van der Waals surface area contributed by atoms with Gasteiger partial charge in [0.05, 0.1) is 12.6 Å². The van der Waals surface area contributed by atoms with E-state index in [0.29, 0.717) is 15.4 Å². The number of nitrogens with two attached hydrogens (primary N) is 1. The smallest absolute Gasteiger partial charge is 0.342 e. The van der Waals surface area contributed by atoms with Gasteiger partial charge in [-0.15, -0.1) is 0 Å². The van der Waals surface area contributed by atoms with Crippen LogP contribution in [0.5, 0.6) is 0 Å². The topological polar surface area (TPSA) is 68.1 Å². The summed E-state index contributed by atoms with van der Waals surface area (Å²) in [4.78, 5) is 14.3. The number of halogens is 2. The van der Waals surface area contributed by atoms with Crippen molar-refractivity contribution in [2.45, 2.75) is 0 Å². The van der Waals surface area contributed by atoms with Gasteiger partial charge in [0.1, 0.15) is 17.2 Å². The van der Waals surface area contributed by atoms with Gasteiger partial charge in [-0.1, -0.05) is 0 Å². The number of aromatic nitrogens is 1. The Morgan fingerprint density at radius 2 is 2.25 bits per heavy atom. The molecule has 84 valence electrons. The molecule has 0 spiro atoms. The van der Waals surface area contributed by atoms with Crippen molar-refractivity contribution in [3.8, 4) is 0 Å². The highest BCUT2D eigenvalue weighted by Gasteiger charge is 2.19. The number of aromatic amines is 1. The van der Waals surface area contributed by atoms with Gasteiger partial charge in [0.2, 0.25) is 0 Å². The van der Waals surface area contributed by atoms with Crippen molar-refractivity contribution in [3.63, 3.8) is 0 Å². The fourth-order valence-electron chi connectivity index (χ4n) is 1.56. The van der Waals surface area contributed by atoms with Crippen LogP contribution in [-0.2, 0) is 4.74 Å². The molecule has 1 aromatic carbocycles. The SMILES string of the molecule is COC(=O)c1c(N)[nH]c2c(Br)cc(F)cc12. The van der Waals surface area contributed by atoms with E-state index in [1.54, 1.807) is 0 Å². The number of hydrogen-bond donors (Lipinski definition) is 2. The van der Waals surface area contributed by atoms with E-state index in [0.717, 1.165) is 0 Å². The summed E-state index contributed by atoms with van der Waals surface area (Å²) in [5.74, 6) is -0.891. The van der Waals surface area contributed by atoms with E-state index in [4.69, 9.17) is 5.73 Å². The molecule has 0 radical (unpaired) electrons. The summed E-state index contributed by atoms with van der Waals surface area (Å²) in [5.41, 5.74) is 6.37. The highest BCUT2D eigenvalue weighted by Crippen LogP contribution is 2.31. The highest BCUT2D eigenvalue weighted by atomic mass is 79.9. The number of nitrogens with one attached hydrogen (secondary N) is 1. The maximum absolute atomic E-state index is 13.2. The van der Waals surface area contributed by atoms with Gasteiger partial charge in [-0.3, -0.25) is 0 Å². The second kappa shape index (κ2) is 3.79. The molecule has 4 nitrogen and oxygen atoms in total. The van der Waals surface area contributed by atoms with Crippen LogP contribution in [0.2, 0.25) is 0 Å². The van der Waals surface area contributed by atoms with Crippen LogP contribution in [0.4, 0.5) is 10.2 Å². The molecular weight excluding hydrogens is 279 g/mol. The van der Waals surface area contributed by atoms with E-state index >= 15 is 0 Å². The predicted octanol–water partition coefficient (Wildman–Crippen LogP) is 2.44. The van der Waals surface area contributed by atoms with E-state index in [1.165, 1.54) is 19.2 Å². The second-order valence-corrected chi connectivity index (χ2v) is 4.07. The van der Waals surface area contributed by atoms with Gasteiger partial charge < -0.3 is 15.5 Å². The first-order chi connectivity index (χ1) is 7.54. The zero-order valence-electron chi connectivity index (χ0n) is 8.30. The number of esters is 1. The van der Waals surface area contributed by atoms with E-state index in [1.807, 2.05) is 0 Å². The number of ether oxygens (including phenoxy) is 1. The van der Waals surface area contributed by atoms with Crippen LogP contribution in [0.25, 0.3) is 10.9 Å². The number of anilines is 1. The van der Waals surface area contributed by atoms with Gasteiger partial charge in [-0.25, -0.2) is 9.18 Å². The Kier molecular flexibility index (Phi) is 2.59. The molecule has 3 N–H and O–H groups in total. The van der Waals surface area contributed by atoms with Gasteiger partial charge >= 0.3 is 5.97 Å². The minimum atomic E-state index is -0.596. The van der Waals surface area contributed by atoms with Crippen LogP contribution in [0, 0.1) is 5.82 Å². The lowest BCUT2D eigenvalue weighted by Crippen LogP contribution is -2.03. The number of rotatable bonds is 1. The number of methoxy groups -OCH3 is 1. The second-order valence-electron chi connectivity index (χ2n) is 3.22. The van der Waals surface area contributed by atoms with Crippen molar-refractivity contribution >= 4 is 38.6 Å². The molecule has 0 aliphatic rings. The molecule has 0 saturated heterocycles. The summed E-state index contributed by atoms with van der Waals surface area (Å²) >= 11 is 3.19. The molecule has 0 amide bonds. The number of H-pyrrole nitrogens is 1. The molecule has 2 aromatic rings. The van der Waals surface area contributed by atoms with Crippen molar-refractivity contribution < 1.29 is 13.9 Å². The van der Waals surface area contributed by atoms with Crippen molar-refractivity contribution in [3.05, 3.63) is 28.0 Å². The van der Waals surface area contributed by atoms with E-state index in [2.05, 4.69) is 25.7 Å². The summed E-state index contributed by atoms with van der Waals surface area (Å²) in [7, 11) is 1.24. The van der Waals surface area contributed by atoms with Crippen LogP contribution >= 0.6 is 15.9 Å². The molecule has 0 fully saturated rings. The van der Waals surface area contributed by atoms with E-state index in [9.17, 15) is 9.18 Å². The first-order valence-electron chi connectivity index (χ1n) is 4.39. The average Bonchev–Trinajstić information content (AvgIpc) is 2.54. The molecule has 1 aromatic heterocycles. The van der Waals surface area contributed by atoms with Gasteiger partial charge in [-0.2, -0.15) is 0 Å². The van der Waals surface area contributed by atoms with Crippen LogP contribution in [0.15, 0.2) is 16.6 Å². The Hall–Kier alpha value is -1.56. The van der Waals surface area contributed by atoms with Crippen LogP contribution in [0.1, 0.15) is 10.4 Å². The molecular formula is C10H8BrFN2O2. The molecule has 0 bridgehead atoms. The summed E-state index contributed by atoms with van der Waals surface area (Å²) in [6.07, 6.45) is 0. The first kappa shape index (κ1) is 10.9. The molecule has 0 aliphatic heterocycles. The fraction of sp³-hybridized carbons (Fsp3) is 0.100. The number of carbonyl (C=O) groups excluding carboxylic acids is 1. The Morgan fingerprint density at radius 1 is 1.56 bits per heavy atom. The Labute approximate surface area is 98.7 Å². The quantitative estimate of drug-likeness (QED) is 0.791. The minimum Gasteiger partial charge on any atom is -0.465 e. The Bertz CT molecular complexity index is 580. The van der Waals surface area contributed by atoms with Crippen molar-refractivity contribution in [1.29, 1.82) is 0 Å². The Morgan fingerprint density at radius 3 is 2.88 bits per heavy atom. The lowest BCUT2D eigenvalue weighted by Gasteiger charge is -1.99. The van der Waals surface area contributed by atoms with Crippen molar-refractivity contribution in [1.82, 2.24) is 4.98 Å². The number of benzene rings is 1. The number of fused-ring (bicyclic) bond motifs is 1. The number of nitrogen functional groups attached to an aromatic ring is 1. The van der Waals surface area contributed by atoms with Crippen LogP contribution in [0.3, 0.4) is 0 Å². The van der Waals surface area contributed by atoms with Crippen molar-refractivity contribution in [2.24, 2.45) is 0 Å². The summed E-state index contributed by atoms with van der Waals surface area (Å²) in [6.45, 7) is 0. The third kappa shape index (κ3) is 1.55. The van der Waals surface area contributed by atoms with Gasteiger partial charge in [-0.05, 0) is 28.1 Å². The largest absolute Gasteiger partial charge is 0.465 e. The normalized spacial score (nSPS) is 10.7. The average molecular weight is 287 g/mol. The third-order valence-corrected chi connectivity index (χ3v) is 2.87. The van der Waals surface area contributed by atoms with Gasteiger partial charge in [0.25, 0.3) is 0 Å². The number of carbonyl (C=O) groups is 1. The monoisotopic (exact) mass is 286 g/mol. The van der Waals surface area contributed by atoms with Crippen molar-refractivity contribution in [2.75, 3.05) is 12.8 Å². The molecule has 16 heavy (non-hydrogen) atoms. The molecule has 0 aliphatic carbocycles. The minimum absolute atomic E-state index is 0.151. The summed E-state index contributed by atoms with van der Waals surface area (Å²) in [6, 6.07) is 2.53. The van der Waals surface area contributed by atoms with Gasteiger partial charge in [0.15, 0.2) is 0 Å². The molecule has 1 heterocycles. The Balaban J connectivity index is 2.83. The highest BCUT2D eigenvalue weighted by molar-refractivity contribution is 9.10. The lowest BCUT2D eigenvalue weighted by atomic mass is 10.1. The standard InChI is InChI=1S/C10H8BrFN2O2/c1-16-10(15)7-5-2-4(12)3-6(11)8(5)14-9(7)13/h2-3,14H,13H2,1H3. The van der Waals surface area contributed by atoms with E-state index < -0.39 is 11.8 Å². The zero-order valence-corrected chi connectivity index (χ0v) is 9.89. The molecule has 0 unspecified atom stereocenters. The zero-order chi connectivity index (χ0) is 11.9. The lowest BCUT2D eigenvalue weighted by molar-refractivity contribution is 0.0604. The molecule has 0 atom stereocenters. The van der Waals surface area contributed by atoms with Crippen LogP contribution in [-0.4, -0.2) is 18.1 Å². The van der Waals surface area contributed by atoms with Crippen LogP contribution < -0.4 is 5.73 Å². The summed E-state index contributed by atoms with van der Waals surface area (Å²) < 4.78 is 18.3. The predicted molar refractivity (Wildman–Crippen MR) is 61.7 cm³/mol. The number of hydrogen-bond acceptors (Lipinski definition) is 3. The summed E-state index contributed by atoms with van der Waals surface area (Å²) in [5, 5.41) is 0.399. The fourth-order valence-corrected chi connectivity index (χ4v) is 2.09. The van der Waals surface area contributed by atoms with E-state index in [-0.39, 0.29) is 11.4 Å². The maximum atomic E-state index is 13.2.